The summed E-state index contributed by atoms with van der Waals surface area (Å²) in [5, 5.41) is 2.94. The van der Waals surface area contributed by atoms with Crippen molar-refractivity contribution in [2.24, 2.45) is 5.73 Å². The number of hydrogen-bond donors (Lipinski definition) is 1. The number of benzene rings is 1. The minimum atomic E-state index is -0.190. The smallest absolute Gasteiger partial charge is 0.126 e. The molecule has 0 aliphatic heterocycles. The molecule has 0 amide bonds. The van der Waals surface area contributed by atoms with Gasteiger partial charge in [-0.05, 0) is 24.1 Å². The lowest BCUT2D eigenvalue weighted by Crippen LogP contribution is -2.13. The third kappa shape index (κ3) is 2.46. The van der Waals surface area contributed by atoms with E-state index in [0.29, 0.717) is 12.0 Å². The van der Waals surface area contributed by atoms with Crippen molar-refractivity contribution in [3.8, 4) is 0 Å². The second-order valence-corrected chi connectivity index (χ2v) is 4.72. The zero-order chi connectivity index (χ0) is 11.5. The van der Waals surface area contributed by atoms with Crippen LogP contribution in [0.1, 0.15) is 22.2 Å². The van der Waals surface area contributed by atoms with Crippen molar-refractivity contribution in [1.29, 1.82) is 0 Å². The Balaban J connectivity index is 2.14. The van der Waals surface area contributed by atoms with Crippen molar-refractivity contribution < 1.29 is 4.39 Å². The number of rotatable bonds is 3. The van der Waals surface area contributed by atoms with E-state index in [9.17, 15) is 4.39 Å². The van der Waals surface area contributed by atoms with Gasteiger partial charge in [0.15, 0.2) is 0 Å². The predicted molar refractivity (Wildman–Crippen MR) is 63.9 cm³/mol. The van der Waals surface area contributed by atoms with E-state index >= 15 is 0 Å². The van der Waals surface area contributed by atoms with Gasteiger partial charge in [-0.2, -0.15) is 0 Å². The molecular formula is C12H13FN2S. The fraction of sp³-hybridized carbons (Fsp3) is 0.250. The minimum Gasteiger partial charge on any atom is -0.324 e. The lowest BCUT2D eigenvalue weighted by atomic mass is 10.0. The summed E-state index contributed by atoms with van der Waals surface area (Å²) in [5.41, 5.74) is 7.63. The maximum atomic E-state index is 13.1. The number of nitrogens with two attached hydrogens (primary N) is 1. The second-order valence-electron chi connectivity index (χ2n) is 3.75. The Kier molecular flexibility index (Phi) is 3.31. The zero-order valence-corrected chi connectivity index (χ0v) is 9.80. The first-order valence-corrected chi connectivity index (χ1v) is 5.95. The largest absolute Gasteiger partial charge is 0.324 e. The van der Waals surface area contributed by atoms with E-state index in [-0.39, 0.29) is 11.9 Å². The molecule has 0 saturated heterocycles. The first kappa shape index (κ1) is 11.2. The van der Waals surface area contributed by atoms with Gasteiger partial charge in [0.25, 0.3) is 0 Å². The first-order chi connectivity index (χ1) is 7.66. The van der Waals surface area contributed by atoms with Crippen molar-refractivity contribution in [3.05, 3.63) is 51.7 Å². The van der Waals surface area contributed by atoms with Gasteiger partial charge in [-0.25, -0.2) is 9.37 Å². The Hall–Kier alpha value is -1.26. The van der Waals surface area contributed by atoms with E-state index in [2.05, 4.69) is 4.98 Å². The van der Waals surface area contributed by atoms with Crippen LogP contribution in [0.15, 0.2) is 29.8 Å². The maximum Gasteiger partial charge on any atom is 0.126 e. The maximum absolute atomic E-state index is 13.1. The van der Waals surface area contributed by atoms with Crippen LogP contribution in [0.2, 0.25) is 0 Å². The van der Waals surface area contributed by atoms with Crippen LogP contribution in [-0.4, -0.2) is 4.98 Å². The summed E-state index contributed by atoms with van der Waals surface area (Å²) in [7, 11) is 0. The van der Waals surface area contributed by atoms with Gasteiger partial charge in [-0.15, -0.1) is 11.3 Å². The number of halogens is 1. The molecule has 84 valence electrons. The highest BCUT2D eigenvalue weighted by Gasteiger charge is 2.10. The normalized spacial score (nSPS) is 12.7. The zero-order valence-electron chi connectivity index (χ0n) is 8.98. The van der Waals surface area contributed by atoms with E-state index in [1.807, 2.05) is 5.38 Å². The molecule has 4 heteroatoms. The number of thiazole rings is 1. The molecule has 1 aromatic heterocycles. The Morgan fingerprint density at radius 1 is 1.50 bits per heavy atom. The van der Waals surface area contributed by atoms with Gasteiger partial charge in [0.1, 0.15) is 5.82 Å². The average molecular weight is 236 g/mol. The lowest BCUT2D eigenvalue weighted by molar-refractivity contribution is 0.614. The van der Waals surface area contributed by atoms with Crippen LogP contribution in [0.5, 0.6) is 0 Å². The summed E-state index contributed by atoms with van der Waals surface area (Å²) in [6.45, 7) is 1.74. The molecule has 1 aromatic carbocycles. The highest BCUT2D eigenvalue weighted by Crippen LogP contribution is 2.19. The van der Waals surface area contributed by atoms with Gasteiger partial charge in [-0.3, -0.25) is 0 Å². The monoisotopic (exact) mass is 236 g/mol. The molecule has 1 unspecified atom stereocenters. The van der Waals surface area contributed by atoms with Crippen molar-refractivity contribution in [1.82, 2.24) is 4.98 Å². The van der Waals surface area contributed by atoms with Crippen molar-refractivity contribution in [2.45, 2.75) is 19.4 Å². The Labute approximate surface area is 97.9 Å². The van der Waals surface area contributed by atoms with E-state index in [1.165, 1.54) is 6.07 Å². The standard InChI is InChI=1S/C12H13FN2S/c1-8-6-9(2-3-10(8)13)11(14)7-12-15-4-5-16-12/h2-6,11H,7,14H2,1H3. The summed E-state index contributed by atoms with van der Waals surface area (Å²) >= 11 is 1.59. The molecule has 2 nitrogen and oxygen atoms in total. The molecule has 2 N–H and O–H groups in total. The van der Waals surface area contributed by atoms with Crippen LogP contribution in [0, 0.1) is 12.7 Å². The van der Waals surface area contributed by atoms with Crippen molar-refractivity contribution in [2.75, 3.05) is 0 Å². The van der Waals surface area contributed by atoms with E-state index in [1.54, 1.807) is 36.6 Å². The lowest BCUT2D eigenvalue weighted by Gasteiger charge is -2.11. The Morgan fingerprint density at radius 3 is 2.94 bits per heavy atom. The van der Waals surface area contributed by atoms with Gasteiger partial charge in [0.2, 0.25) is 0 Å². The average Bonchev–Trinajstić information content (AvgIpc) is 2.74. The summed E-state index contributed by atoms with van der Waals surface area (Å²) < 4.78 is 13.1. The SMILES string of the molecule is Cc1cc(C(N)Cc2nccs2)ccc1F. The fourth-order valence-electron chi connectivity index (χ4n) is 1.56. The highest BCUT2D eigenvalue weighted by molar-refractivity contribution is 7.09. The molecule has 2 aromatic rings. The first-order valence-electron chi connectivity index (χ1n) is 5.07. The fourth-order valence-corrected chi connectivity index (χ4v) is 2.23. The van der Waals surface area contributed by atoms with Crippen LogP contribution in [0.25, 0.3) is 0 Å². The summed E-state index contributed by atoms with van der Waals surface area (Å²) in [6, 6.07) is 4.88. The van der Waals surface area contributed by atoms with Crippen molar-refractivity contribution >= 4 is 11.3 Å². The van der Waals surface area contributed by atoms with Crippen LogP contribution >= 0.6 is 11.3 Å². The third-order valence-electron chi connectivity index (χ3n) is 2.49. The molecule has 0 aliphatic carbocycles. The number of aromatic nitrogens is 1. The molecule has 0 bridgehead atoms. The topological polar surface area (TPSA) is 38.9 Å². The molecule has 0 aliphatic rings. The van der Waals surface area contributed by atoms with Crippen molar-refractivity contribution in [3.63, 3.8) is 0 Å². The number of hydrogen-bond acceptors (Lipinski definition) is 3. The van der Waals surface area contributed by atoms with Crippen LogP contribution in [0.4, 0.5) is 4.39 Å². The van der Waals surface area contributed by atoms with Gasteiger partial charge in [0, 0.05) is 24.0 Å². The quantitative estimate of drug-likeness (QED) is 0.890. The van der Waals surface area contributed by atoms with Gasteiger partial charge < -0.3 is 5.73 Å². The molecule has 16 heavy (non-hydrogen) atoms. The highest BCUT2D eigenvalue weighted by atomic mass is 32.1. The van der Waals surface area contributed by atoms with Crippen LogP contribution in [0.3, 0.4) is 0 Å². The molecule has 0 radical (unpaired) electrons. The van der Waals surface area contributed by atoms with Crippen LogP contribution < -0.4 is 5.73 Å². The van der Waals surface area contributed by atoms with E-state index in [0.717, 1.165) is 10.6 Å². The summed E-state index contributed by atoms with van der Waals surface area (Å²) in [5.74, 6) is -0.190. The second kappa shape index (κ2) is 4.72. The molecule has 1 heterocycles. The van der Waals surface area contributed by atoms with E-state index in [4.69, 9.17) is 5.73 Å². The van der Waals surface area contributed by atoms with Gasteiger partial charge in [-0.1, -0.05) is 12.1 Å². The Morgan fingerprint density at radius 2 is 2.31 bits per heavy atom. The van der Waals surface area contributed by atoms with Crippen LogP contribution in [-0.2, 0) is 6.42 Å². The minimum absolute atomic E-state index is 0.120. The predicted octanol–water partition coefficient (Wildman–Crippen LogP) is 2.83. The van der Waals surface area contributed by atoms with Gasteiger partial charge in [0.05, 0.1) is 5.01 Å². The molecule has 0 fully saturated rings. The third-order valence-corrected chi connectivity index (χ3v) is 3.29. The Bertz CT molecular complexity index is 468. The molecule has 1 atom stereocenters. The number of nitrogens with zero attached hydrogens (tertiary/aromatic N) is 1. The number of aryl methyl sites for hydroxylation is 1. The van der Waals surface area contributed by atoms with Gasteiger partial charge >= 0.3 is 0 Å². The molecule has 0 saturated carbocycles. The molecular weight excluding hydrogens is 223 g/mol. The molecule has 2 rings (SSSR count). The summed E-state index contributed by atoms with van der Waals surface area (Å²) in [6.07, 6.45) is 2.46. The summed E-state index contributed by atoms with van der Waals surface area (Å²) in [4.78, 5) is 4.19. The van der Waals surface area contributed by atoms with E-state index < -0.39 is 0 Å². The molecule has 0 spiro atoms.